The van der Waals surface area contributed by atoms with Crippen molar-refractivity contribution < 1.29 is 0 Å². The predicted octanol–water partition coefficient (Wildman–Crippen LogP) is 1.58. The topological polar surface area (TPSA) is 56.8 Å². The van der Waals surface area contributed by atoms with Crippen molar-refractivity contribution in [2.24, 2.45) is 0 Å². The average molecular weight is 271 g/mol. The van der Waals surface area contributed by atoms with E-state index < -0.39 is 0 Å². The summed E-state index contributed by atoms with van der Waals surface area (Å²) < 4.78 is 0. The highest BCUT2D eigenvalue weighted by Crippen LogP contribution is 2.16. The molecule has 0 unspecified atom stereocenters. The molecule has 1 aromatic heterocycles. The first-order valence-corrected chi connectivity index (χ1v) is 7.22. The first-order valence-electron chi connectivity index (χ1n) is 7.22. The molecule has 3 rings (SSSR count). The number of nitrogens with one attached hydrogen (secondary N) is 2. The molecule has 0 amide bonds. The molecule has 0 radical (unpaired) electrons. The van der Waals surface area contributed by atoms with Crippen molar-refractivity contribution in [3.05, 3.63) is 41.7 Å². The van der Waals surface area contributed by atoms with E-state index in [1.54, 1.807) is 0 Å². The van der Waals surface area contributed by atoms with Gasteiger partial charge in [0.05, 0.1) is 0 Å². The average Bonchev–Trinajstić information content (AvgIpc) is 2.97. The summed E-state index contributed by atoms with van der Waals surface area (Å²) in [5, 5.41) is 10.8. The number of aromatic nitrogens is 3. The van der Waals surface area contributed by atoms with E-state index >= 15 is 0 Å². The summed E-state index contributed by atoms with van der Waals surface area (Å²) in [6.45, 7) is 2.04. The van der Waals surface area contributed by atoms with Crippen molar-refractivity contribution in [3.63, 3.8) is 0 Å². The van der Waals surface area contributed by atoms with E-state index in [0.29, 0.717) is 6.04 Å². The van der Waals surface area contributed by atoms with Gasteiger partial charge in [-0.3, -0.25) is 5.10 Å². The SMILES string of the molecule is CNC1CCN(c2n[nH]c(Cc3ccccc3)n2)CC1. The van der Waals surface area contributed by atoms with Crippen LogP contribution in [-0.2, 0) is 6.42 Å². The van der Waals surface area contributed by atoms with Gasteiger partial charge >= 0.3 is 0 Å². The zero-order chi connectivity index (χ0) is 13.8. The van der Waals surface area contributed by atoms with Crippen LogP contribution >= 0.6 is 0 Å². The number of nitrogens with zero attached hydrogens (tertiary/aromatic N) is 3. The molecule has 2 heterocycles. The number of aromatic amines is 1. The van der Waals surface area contributed by atoms with Crippen LogP contribution in [0, 0.1) is 0 Å². The van der Waals surface area contributed by atoms with E-state index in [1.165, 1.54) is 5.56 Å². The highest BCUT2D eigenvalue weighted by Gasteiger charge is 2.20. The van der Waals surface area contributed by atoms with Crippen LogP contribution in [0.15, 0.2) is 30.3 Å². The molecule has 2 N–H and O–H groups in total. The lowest BCUT2D eigenvalue weighted by Gasteiger charge is -2.30. The quantitative estimate of drug-likeness (QED) is 0.886. The zero-order valence-corrected chi connectivity index (χ0v) is 11.8. The Bertz CT molecular complexity index is 528. The number of H-pyrrole nitrogens is 1. The summed E-state index contributed by atoms with van der Waals surface area (Å²) >= 11 is 0. The Labute approximate surface area is 119 Å². The maximum Gasteiger partial charge on any atom is 0.244 e. The van der Waals surface area contributed by atoms with Gasteiger partial charge in [0.25, 0.3) is 0 Å². The molecule has 1 aliphatic rings. The Balaban J connectivity index is 1.62. The number of piperidine rings is 1. The summed E-state index contributed by atoms with van der Waals surface area (Å²) in [6, 6.07) is 11.0. The Morgan fingerprint density at radius 3 is 2.70 bits per heavy atom. The highest BCUT2D eigenvalue weighted by atomic mass is 15.4. The van der Waals surface area contributed by atoms with Gasteiger partial charge in [0.2, 0.25) is 5.95 Å². The summed E-state index contributed by atoms with van der Waals surface area (Å²) in [5.41, 5.74) is 1.25. The number of anilines is 1. The summed E-state index contributed by atoms with van der Waals surface area (Å²) in [6.07, 6.45) is 3.11. The molecule has 5 heteroatoms. The maximum absolute atomic E-state index is 4.62. The van der Waals surface area contributed by atoms with Crippen LogP contribution < -0.4 is 10.2 Å². The van der Waals surface area contributed by atoms with Crippen LogP contribution in [0.4, 0.5) is 5.95 Å². The van der Waals surface area contributed by atoms with Gasteiger partial charge in [-0.15, -0.1) is 5.10 Å². The molecular weight excluding hydrogens is 250 g/mol. The minimum Gasteiger partial charge on any atom is -0.339 e. The second-order valence-electron chi connectivity index (χ2n) is 5.29. The maximum atomic E-state index is 4.62. The van der Waals surface area contributed by atoms with Gasteiger partial charge in [-0.25, -0.2) is 0 Å². The Kier molecular flexibility index (Phi) is 3.97. The fourth-order valence-corrected chi connectivity index (χ4v) is 2.66. The van der Waals surface area contributed by atoms with Gasteiger partial charge < -0.3 is 10.2 Å². The van der Waals surface area contributed by atoms with E-state index in [4.69, 9.17) is 0 Å². The number of hydrogen-bond donors (Lipinski definition) is 2. The van der Waals surface area contributed by atoms with Crippen LogP contribution in [-0.4, -0.2) is 41.4 Å². The highest BCUT2D eigenvalue weighted by molar-refractivity contribution is 5.30. The van der Waals surface area contributed by atoms with Crippen molar-refractivity contribution in [1.82, 2.24) is 20.5 Å². The minimum absolute atomic E-state index is 0.633. The lowest BCUT2D eigenvalue weighted by atomic mass is 10.1. The molecular formula is C15H21N5. The summed E-state index contributed by atoms with van der Waals surface area (Å²) in [7, 11) is 2.03. The molecule has 0 bridgehead atoms. The van der Waals surface area contributed by atoms with Gasteiger partial charge in [-0.1, -0.05) is 30.3 Å². The van der Waals surface area contributed by atoms with E-state index in [2.05, 4.69) is 49.7 Å². The molecule has 20 heavy (non-hydrogen) atoms. The lowest BCUT2D eigenvalue weighted by Crippen LogP contribution is -2.41. The van der Waals surface area contributed by atoms with Crippen molar-refractivity contribution in [3.8, 4) is 0 Å². The molecule has 106 valence electrons. The van der Waals surface area contributed by atoms with Gasteiger partial charge in [0, 0.05) is 25.6 Å². The van der Waals surface area contributed by atoms with Crippen LogP contribution in [0.5, 0.6) is 0 Å². The fraction of sp³-hybridized carbons (Fsp3) is 0.467. The van der Waals surface area contributed by atoms with E-state index in [-0.39, 0.29) is 0 Å². The van der Waals surface area contributed by atoms with Gasteiger partial charge in [0.1, 0.15) is 5.82 Å². The molecule has 1 aliphatic heterocycles. The van der Waals surface area contributed by atoms with E-state index in [1.807, 2.05) is 13.1 Å². The van der Waals surface area contributed by atoms with Crippen molar-refractivity contribution in [1.29, 1.82) is 0 Å². The van der Waals surface area contributed by atoms with Crippen LogP contribution in [0.2, 0.25) is 0 Å². The summed E-state index contributed by atoms with van der Waals surface area (Å²) in [4.78, 5) is 6.88. The lowest BCUT2D eigenvalue weighted by molar-refractivity contribution is 0.439. The Morgan fingerprint density at radius 1 is 1.25 bits per heavy atom. The van der Waals surface area contributed by atoms with Crippen LogP contribution in [0.25, 0.3) is 0 Å². The zero-order valence-electron chi connectivity index (χ0n) is 11.8. The van der Waals surface area contributed by atoms with Gasteiger partial charge in [0.15, 0.2) is 0 Å². The second kappa shape index (κ2) is 6.05. The molecule has 0 spiro atoms. The number of benzene rings is 1. The smallest absolute Gasteiger partial charge is 0.244 e. The second-order valence-corrected chi connectivity index (χ2v) is 5.29. The van der Waals surface area contributed by atoms with Crippen molar-refractivity contribution >= 4 is 5.95 Å². The third-order valence-corrected chi connectivity index (χ3v) is 3.92. The molecule has 0 atom stereocenters. The summed E-state index contributed by atoms with van der Waals surface area (Å²) in [5.74, 6) is 1.77. The van der Waals surface area contributed by atoms with Crippen LogP contribution in [0.3, 0.4) is 0 Å². The third-order valence-electron chi connectivity index (χ3n) is 3.92. The van der Waals surface area contributed by atoms with Crippen molar-refractivity contribution in [2.75, 3.05) is 25.0 Å². The molecule has 1 aromatic carbocycles. The number of hydrogen-bond acceptors (Lipinski definition) is 4. The minimum atomic E-state index is 0.633. The molecule has 5 nitrogen and oxygen atoms in total. The van der Waals surface area contributed by atoms with Crippen molar-refractivity contribution in [2.45, 2.75) is 25.3 Å². The predicted molar refractivity (Wildman–Crippen MR) is 79.9 cm³/mol. The van der Waals surface area contributed by atoms with E-state index in [9.17, 15) is 0 Å². The largest absolute Gasteiger partial charge is 0.339 e. The first-order chi connectivity index (χ1) is 9.85. The molecule has 1 saturated heterocycles. The Morgan fingerprint density at radius 2 is 2.00 bits per heavy atom. The van der Waals surface area contributed by atoms with Crippen LogP contribution in [0.1, 0.15) is 24.2 Å². The van der Waals surface area contributed by atoms with Gasteiger partial charge in [-0.2, -0.15) is 4.98 Å². The number of rotatable bonds is 4. The monoisotopic (exact) mass is 271 g/mol. The molecule has 2 aromatic rings. The van der Waals surface area contributed by atoms with Gasteiger partial charge in [-0.05, 0) is 25.5 Å². The first kappa shape index (κ1) is 13.1. The fourth-order valence-electron chi connectivity index (χ4n) is 2.66. The Hall–Kier alpha value is -1.88. The molecule has 0 aliphatic carbocycles. The normalized spacial score (nSPS) is 16.6. The molecule has 1 fully saturated rings. The molecule has 0 saturated carbocycles. The van der Waals surface area contributed by atoms with E-state index in [0.717, 1.165) is 44.1 Å². The standard InChI is InChI=1S/C15H21N5/c1-16-13-7-9-20(10-8-13)15-17-14(18-19-15)11-12-5-3-2-4-6-12/h2-6,13,16H,7-11H2,1H3,(H,17,18,19). The third kappa shape index (κ3) is 2.99.